The van der Waals surface area contributed by atoms with Crippen LogP contribution < -0.4 is 4.72 Å². The molecule has 25 heavy (non-hydrogen) atoms. The number of benzene rings is 1. The molecule has 0 amide bonds. The molecule has 0 bridgehead atoms. The van der Waals surface area contributed by atoms with Crippen molar-refractivity contribution < 1.29 is 13.7 Å². The number of nitrogens with one attached hydrogen (secondary N) is 1. The van der Waals surface area contributed by atoms with Crippen LogP contribution in [0, 0.1) is 6.92 Å². The Morgan fingerprint density at radius 2 is 1.96 bits per heavy atom. The quantitative estimate of drug-likeness (QED) is 0.364. The lowest BCUT2D eigenvalue weighted by molar-refractivity contribution is -0.140. The predicted molar refractivity (Wildman–Crippen MR) is 104 cm³/mol. The van der Waals surface area contributed by atoms with Crippen molar-refractivity contribution in [2.45, 2.75) is 56.9 Å². The fourth-order valence-electron chi connectivity index (χ4n) is 2.16. The van der Waals surface area contributed by atoms with Crippen LogP contribution in [0.5, 0.6) is 0 Å². The molecule has 5 heteroatoms. The molecule has 1 rings (SSSR count). The number of hydrogen-bond acceptors (Lipinski definition) is 3. The molecule has 0 heterocycles. The van der Waals surface area contributed by atoms with E-state index in [1.54, 1.807) is 0 Å². The van der Waals surface area contributed by atoms with Crippen molar-refractivity contribution in [3.05, 3.63) is 54.1 Å². The monoisotopic (exact) mass is 363 g/mol. The van der Waals surface area contributed by atoms with Gasteiger partial charge < -0.3 is 4.74 Å². The van der Waals surface area contributed by atoms with Gasteiger partial charge in [-0.2, -0.15) is 0 Å². The van der Waals surface area contributed by atoms with Crippen molar-refractivity contribution in [3.63, 3.8) is 0 Å². The van der Waals surface area contributed by atoms with E-state index in [0.29, 0.717) is 4.90 Å². The Balaban J connectivity index is 2.64. The lowest BCUT2D eigenvalue weighted by atomic mass is 10.2. The zero-order valence-electron chi connectivity index (χ0n) is 15.4. The average molecular weight is 364 g/mol. The standard InChI is InChI=1S/C20H29NO3S/c1-4-5-6-7-8-9-10-11-18(16-20(22)24-3)21-25(23)19-14-12-17(2)13-15-19/h8-15,18,21H,4-7,16H2,1-3H3/b9-8+,11-10+/t18-,25-/m1/s1. The van der Waals surface area contributed by atoms with Crippen LogP contribution in [0.4, 0.5) is 0 Å². The highest BCUT2D eigenvalue weighted by atomic mass is 32.2. The van der Waals surface area contributed by atoms with Gasteiger partial charge in [-0.05, 0) is 31.9 Å². The van der Waals surface area contributed by atoms with Gasteiger partial charge in [-0.3, -0.25) is 4.79 Å². The lowest BCUT2D eigenvalue weighted by Crippen LogP contribution is -2.31. The molecule has 0 saturated heterocycles. The fourth-order valence-corrected chi connectivity index (χ4v) is 3.12. The van der Waals surface area contributed by atoms with Crippen molar-refractivity contribution in [2.75, 3.05) is 7.11 Å². The van der Waals surface area contributed by atoms with Crippen LogP contribution in [0.3, 0.4) is 0 Å². The SMILES string of the molecule is CCCCC/C=C/C=C/[C@H](CC(=O)OC)N[S@](=O)c1ccc(C)cc1. The van der Waals surface area contributed by atoms with Crippen LogP contribution >= 0.6 is 0 Å². The molecule has 0 spiro atoms. The highest BCUT2D eigenvalue weighted by Crippen LogP contribution is 2.09. The van der Waals surface area contributed by atoms with Gasteiger partial charge in [-0.15, -0.1) is 0 Å². The normalized spacial score (nSPS) is 14.0. The summed E-state index contributed by atoms with van der Waals surface area (Å²) >= 11 is 0. The number of hydrogen-bond donors (Lipinski definition) is 1. The van der Waals surface area contributed by atoms with Gasteiger partial charge in [0.2, 0.25) is 0 Å². The second kappa shape index (κ2) is 12.6. The number of methoxy groups -OCH3 is 1. The number of ether oxygens (including phenoxy) is 1. The summed E-state index contributed by atoms with van der Waals surface area (Å²) in [4.78, 5) is 12.3. The summed E-state index contributed by atoms with van der Waals surface area (Å²) in [5.41, 5.74) is 1.11. The topological polar surface area (TPSA) is 55.4 Å². The zero-order valence-corrected chi connectivity index (χ0v) is 16.2. The van der Waals surface area contributed by atoms with Crippen molar-refractivity contribution in [3.8, 4) is 0 Å². The molecule has 1 aromatic carbocycles. The van der Waals surface area contributed by atoms with E-state index in [-0.39, 0.29) is 18.4 Å². The van der Waals surface area contributed by atoms with Gasteiger partial charge in [0, 0.05) is 6.04 Å². The molecular weight excluding hydrogens is 334 g/mol. The molecule has 0 fully saturated rings. The van der Waals surface area contributed by atoms with E-state index >= 15 is 0 Å². The number of carbonyl (C=O) groups excluding carboxylic acids is 1. The minimum absolute atomic E-state index is 0.133. The predicted octanol–water partition coefficient (Wildman–Crippen LogP) is 4.23. The van der Waals surface area contributed by atoms with Gasteiger partial charge in [-0.1, -0.05) is 61.8 Å². The Hall–Kier alpha value is -1.72. The Morgan fingerprint density at radius 3 is 2.60 bits per heavy atom. The summed E-state index contributed by atoms with van der Waals surface area (Å²) in [6.07, 6.45) is 12.6. The molecule has 0 aliphatic heterocycles. The van der Waals surface area contributed by atoms with Crippen LogP contribution in [0.15, 0.2) is 53.5 Å². The minimum Gasteiger partial charge on any atom is -0.469 e. The third-order valence-electron chi connectivity index (χ3n) is 3.67. The van der Waals surface area contributed by atoms with E-state index < -0.39 is 11.0 Å². The van der Waals surface area contributed by atoms with Crippen LogP contribution in [-0.2, 0) is 20.5 Å². The Bertz CT molecular complexity index is 593. The Labute approximate surface area is 153 Å². The summed E-state index contributed by atoms with van der Waals surface area (Å²) < 4.78 is 20.1. The number of carbonyl (C=O) groups is 1. The third-order valence-corrected chi connectivity index (χ3v) is 4.89. The summed E-state index contributed by atoms with van der Waals surface area (Å²) in [5.74, 6) is -0.338. The molecule has 1 aromatic rings. The van der Waals surface area contributed by atoms with Gasteiger partial charge in [0.05, 0.1) is 18.4 Å². The Kier molecular flexibility index (Phi) is 10.8. The highest BCUT2D eigenvalue weighted by Gasteiger charge is 2.14. The van der Waals surface area contributed by atoms with Gasteiger partial charge in [0.15, 0.2) is 0 Å². The zero-order chi connectivity index (χ0) is 18.5. The van der Waals surface area contributed by atoms with E-state index in [9.17, 15) is 9.00 Å². The molecule has 0 saturated carbocycles. The van der Waals surface area contributed by atoms with Crippen LogP contribution in [0.25, 0.3) is 0 Å². The van der Waals surface area contributed by atoms with Gasteiger partial charge in [-0.25, -0.2) is 8.93 Å². The molecule has 0 aliphatic carbocycles. The van der Waals surface area contributed by atoms with Gasteiger partial charge in [0.25, 0.3) is 0 Å². The first-order valence-corrected chi connectivity index (χ1v) is 9.86. The molecular formula is C20H29NO3S. The maximum Gasteiger partial charge on any atom is 0.307 e. The van der Waals surface area contributed by atoms with Crippen LogP contribution in [0.2, 0.25) is 0 Å². The summed E-state index contributed by atoms with van der Waals surface area (Å²) in [6.45, 7) is 4.16. The molecule has 1 N–H and O–H groups in total. The van der Waals surface area contributed by atoms with Crippen molar-refractivity contribution >= 4 is 17.0 Å². The third kappa shape index (κ3) is 9.37. The maximum absolute atomic E-state index is 12.4. The van der Waals surface area contributed by atoms with Crippen LogP contribution in [0.1, 0.15) is 44.6 Å². The molecule has 138 valence electrons. The average Bonchev–Trinajstić information content (AvgIpc) is 2.61. The largest absolute Gasteiger partial charge is 0.469 e. The fraction of sp³-hybridized carbons (Fsp3) is 0.450. The lowest BCUT2D eigenvalue weighted by Gasteiger charge is -2.13. The van der Waals surface area contributed by atoms with Crippen molar-refractivity contribution in [1.82, 2.24) is 4.72 Å². The van der Waals surface area contributed by atoms with Gasteiger partial charge >= 0.3 is 5.97 Å². The van der Waals surface area contributed by atoms with E-state index in [2.05, 4.69) is 17.7 Å². The molecule has 0 unspecified atom stereocenters. The number of aryl methyl sites for hydroxylation is 1. The van der Waals surface area contributed by atoms with E-state index in [1.165, 1.54) is 26.4 Å². The first-order valence-electron chi connectivity index (χ1n) is 8.71. The highest BCUT2D eigenvalue weighted by molar-refractivity contribution is 7.83. The Morgan fingerprint density at radius 1 is 1.24 bits per heavy atom. The number of esters is 1. The van der Waals surface area contributed by atoms with E-state index in [1.807, 2.05) is 49.4 Å². The summed E-state index contributed by atoms with van der Waals surface area (Å²) in [5, 5.41) is 0. The smallest absolute Gasteiger partial charge is 0.307 e. The molecule has 2 atom stereocenters. The first kappa shape index (κ1) is 21.3. The van der Waals surface area contributed by atoms with E-state index in [4.69, 9.17) is 4.74 Å². The summed E-state index contributed by atoms with van der Waals surface area (Å²) in [6, 6.07) is 7.13. The van der Waals surface area contributed by atoms with Crippen molar-refractivity contribution in [2.24, 2.45) is 0 Å². The number of allylic oxidation sites excluding steroid dienone is 3. The number of unbranched alkanes of at least 4 members (excludes halogenated alkanes) is 3. The minimum atomic E-state index is -1.38. The second-order valence-corrected chi connectivity index (χ2v) is 7.14. The summed E-state index contributed by atoms with van der Waals surface area (Å²) in [7, 11) is -0.0300. The molecule has 0 radical (unpaired) electrons. The maximum atomic E-state index is 12.4. The number of rotatable bonds is 11. The molecule has 4 nitrogen and oxygen atoms in total. The van der Waals surface area contributed by atoms with Crippen LogP contribution in [-0.4, -0.2) is 23.3 Å². The molecule has 0 aromatic heterocycles. The second-order valence-electron chi connectivity index (χ2n) is 5.90. The first-order chi connectivity index (χ1) is 12.1. The van der Waals surface area contributed by atoms with Gasteiger partial charge in [0.1, 0.15) is 11.0 Å². The molecule has 0 aliphatic rings. The van der Waals surface area contributed by atoms with Crippen molar-refractivity contribution in [1.29, 1.82) is 0 Å². The van der Waals surface area contributed by atoms with E-state index in [0.717, 1.165) is 12.0 Å².